The van der Waals surface area contributed by atoms with Crippen LogP contribution in [0, 0.1) is 0 Å². The van der Waals surface area contributed by atoms with Gasteiger partial charge in [-0.15, -0.1) is 0 Å². The Morgan fingerprint density at radius 2 is 1.73 bits per heavy atom. The first kappa shape index (κ1) is 12.9. The molecule has 2 nitrogen and oxygen atoms in total. The van der Waals surface area contributed by atoms with Gasteiger partial charge in [0.2, 0.25) is 8.32 Å². The molecule has 84 valence electrons. The zero-order chi connectivity index (χ0) is 11.3. The molecule has 0 aromatic heterocycles. The van der Waals surface area contributed by atoms with Gasteiger partial charge in [-0.05, 0) is 31.4 Å². The number of hydrogen-bond donors (Lipinski definition) is 0. The van der Waals surface area contributed by atoms with Crippen molar-refractivity contribution < 1.29 is 8.23 Å². The molecule has 15 heavy (non-hydrogen) atoms. The van der Waals surface area contributed by atoms with Crippen LogP contribution in [0.5, 0.6) is 0 Å². The fraction of sp³-hybridized carbons (Fsp3) is 0.400. The van der Waals surface area contributed by atoms with E-state index in [2.05, 4.69) is 50.5 Å². The van der Waals surface area contributed by atoms with Crippen LogP contribution in [0.15, 0.2) is 30.3 Å². The molecule has 0 aliphatic carbocycles. The molecule has 0 heterocycles. The first-order valence-corrected chi connectivity index (χ1v) is 12.2. The number of hydrogen-bond acceptors (Lipinski definition) is 2. The van der Waals surface area contributed by atoms with E-state index in [-0.39, 0.29) is 0 Å². The van der Waals surface area contributed by atoms with Crippen LogP contribution in [-0.2, 0) is 8.23 Å². The van der Waals surface area contributed by atoms with Gasteiger partial charge < -0.3 is 8.23 Å². The minimum atomic E-state index is -1.69. The quantitative estimate of drug-likeness (QED) is 0.735. The highest BCUT2D eigenvalue weighted by Gasteiger charge is 2.24. The molecular formula is C10H20O2Si3. The average Bonchev–Trinajstić information content (AvgIpc) is 2.18. The molecule has 1 rings (SSSR count). The van der Waals surface area contributed by atoms with Crippen molar-refractivity contribution in [3.8, 4) is 0 Å². The minimum Gasteiger partial charge on any atom is -0.444 e. The van der Waals surface area contributed by atoms with Crippen LogP contribution < -0.4 is 5.19 Å². The van der Waals surface area contributed by atoms with Gasteiger partial charge in [0.05, 0.1) is 0 Å². The van der Waals surface area contributed by atoms with E-state index >= 15 is 0 Å². The Morgan fingerprint density at radius 1 is 1.13 bits per heavy atom. The van der Waals surface area contributed by atoms with E-state index in [4.69, 9.17) is 8.23 Å². The normalized spacial score (nSPS) is 12.9. The molecule has 1 aromatic carbocycles. The highest BCUT2D eigenvalue weighted by Crippen LogP contribution is 2.04. The molecule has 5 heteroatoms. The second-order valence-corrected chi connectivity index (χ2v) is 12.8. The number of benzene rings is 1. The zero-order valence-corrected chi connectivity index (χ0v) is 13.6. The maximum Gasteiger partial charge on any atom is 0.283 e. The van der Waals surface area contributed by atoms with Gasteiger partial charge in [-0.1, -0.05) is 30.3 Å². The smallest absolute Gasteiger partial charge is 0.283 e. The van der Waals surface area contributed by atoms with Crippen molar-refractivity contribution >= 4 is 32.6 Å². The van der Waals surface area contributed by atoms with Crippen LogP contribution in [0.25, 0.3) is 0 Å². The summed E-state index contributed by atoms with van der Waals surface area (Å²) in [6.45, 7) is 8.85. The predicted molar refractivity (Wildman–Crippen MR) is 73.1 cm³/mol. The van der Waals surface area contributed by atoms with Crippen LogP contribution >= 0.6 is 0 Å². The molecule has 0 N–H and O–H groups in total. The van der Waals surface area contributed by atoms with Crippen molar-refractivity contribution in [2.24, 2.45) is 0 Å². The Morgan fingerprint density at radius 3 is 2.27 bits per heavy atom. The van der Waals surface area contributed by atoms with Crippen LogP contribution in [0.4, 0.5) is 0 Å². The average molecular weight is 257 g/mol. The van der Waals surface area contributed by atoms with Crippen LogP contribution in [-0.4, -0.2) is 27.4 Å². The second kappa shape index (κ2) is 5.76. The molecular weight excluding hydrogens is 236 g/mol. The maximum absolute atomic E-state index is 6.02. The molecule has 0 unspecified atom stereocenters. The predicted octanol–water partition coefficient (Wildman–Crippen LogP) is 1.11. The Kier molecular flexibility index (Phi) is 4.94. The Balaban J connectivity index is 2.52. The fourth-order valence-electron chi connectivity index (χ4n) is 1.24. The van der Waals surface area contributed by atoms with Crippen LogP contribution in [0.3, 0.4) is 0 Å². The summed E-state index contributed by atoms with van der Waals surface area (Å²) in [6.07, 6.45) is 0. The molecule has 0 aliphatic heterocycles. The van der Waals surface area contributed by atoms with E-state index in [1.165, 1.54) is 5.19 Å². The highest BCUT2D eigenvalue weighted by atomic mass is 28.4. The molecule has 0 spiro atoms. The monoisotopic (exact) mass is 256 g/mol. The molecule has 0 fully saturated rings. The standard InChI is InChI=1S/C10H20O2Si3/c1-14(2)11-13-12-15(3,4)10-8-6-5-7-9-10/h5-9,14H,13H2,1-4H3. The molecule has 0 amide bonds. The van der Waals surface area contributed by atoms with Crippen LogP contribution in [0.2, 0.25) is 26.2 Å². The molecule has 0 bridgehead atoms. The lowest BCUT2D eigenvalue weighted by Gasteiger charge is -2.24. The lowest BCUT2D eigenvalue weighted by Crippen LogP contribution is -2.46. The zero-order valence-electron chi connectivity index (χ0n) is 9.99. The summed E-state index contributed by atoms with van der Waals surface area (Å²) in [4.78, 5) is 0. The molecule has 0 radical (unpaired) electrons. The minimum absolute atomic E-state index is 0.761. The summed E-state index contributed by atoms with van der Waals surface area (Å²) in [6, 6.07) is 10.5. The maximum atomic E-state index is 6.02. The van der Waals surface area contributed by atoms with Crippen molar-refractivity contribution in [1.29, 1.82) is 0 Å². The summed E-state index contributed by atoms with van der Waals surface area (Å²) >= 11 is 0. The summed E-state index contributed by atoms with van der Waals surface area (Å²) in [5.41, 5.74) is 0. The van der Waals surface area contributed by atoms with Gasteiger partial charge in [0.15, 0.2) is 9.04 Å². The van der Waals surface area contributed by atoms with Gasteiger partial charge >= 0.3 is 0 Å². The topological polar surface area (TPSA) is 18.5 Å². The van der Waals surface area contributed by atoms with E-state index in [1.807, 2.05) is 6.07 Å². The Hall–Kier alpha value is -0.209. The van der Waals surface area contributed by atoms with Gasteiger partial charge in [-0.3, -0.25) is 0 Å². The van der Waals surface area contributed by atoms with Crippen molar-refractivity contribution in [1.82, 2.24) is 0 Å². The fourth-order valence-corrected chi connectivity index (χ4v) is 6.05. The van der Waals surface area contributed by atoms with Crippen molar-refractivity contribution in [2.75, 3.05) is 0 Å². The van der Waals surface area contributed by atoms with E-state index in [1.54, 1.807) is 0 Å². The Labute approximate surface area is 97.5 Å². The van der Waals surface area contributed by atoms with Crippen molar-refractivity contribution in [2.45, 2.75) is 26.2 Å². The summed E-state index contributed by atoms with van der Waals surface area (Å²) in [7, 11) is -3.34. The van der Waals surface area contributed by atoms with Gasteiger partial charge in [0.1, 0.15) is 0 Å². The van der Waals surface area contributed by atoms with E-state index in [0.29, 0.717) is 0 Å². The van der Waals surface area contributed by atoms with Gasteiger partial charge in [-0.25, -0.2) is 0 Å². The molecule has 0 saturated heterocycles. The van der Waals surface area contributed by atoms with Crippen LogP contribution in [0.1, 0.15) is 0 Å². The van der Waals surface area contributed by atoms with E-state index < -0.39 is 27.4 Å². The lowest BCUT2D eigenvalue weighted by molar-refractivity contribution is 0.470. The van der Waals surface area contributed by atoms with Gasteiger partial charge in [0, 0.05) is 0 Å². The second-order valence-electron chi connectivity index (χ2n) is 4.35. The third-order valence-corrected chi connectivity index (χ3v) is 10.6. The SMILES string of the molecule is C[SiH](C)O[SiH2]O[Si](C)(C)c1ccccc1. The lowest BCUT2D eigenvalue weighted by atomic mass is 10.4. The van der Waals surface area contributed by atoms with Crippen molar-refractivity contribution in [3.63, 3.8) is 0 Å². The first-order valence-electron chi connectivity index (χ1n) is 5.33. The van der Waals surface area contributed by atoms with Crippen molar-refractivity contribution in [3.05, 3.63) is 30.3 Å². The van der Waals surface area contributed by atoms with Gasteiger partial charge in [-0.2, -0.15) is 0 Å². The summed E-state index contributed by atoms with van der Waals surface area (Å²) < 4.78 is 11.7. The molecule has 0 saturated carbocycles. The molecule has 0 aliphatic rings. The molecule has 0 atom stereocenters. The summed E-state index contributed by atoms with van der Waals surface area (Å²) in [5.74, 6) is 0. The number of rotatable bonds is 5. The largest absolute Gasteiger partial charge is 0.444 e. The van der Waals surface area contributed by atoms with Gasteiger partial charge in [0.25, 0.3) is 10.0 Å². The summed E-state index contributed by atoms with van der Waals surface area (Å²) in [5, 5.41) is 1.35. The van der Waals surface area contributed by atoms with E-state index in [0.717, 1.165) is 0 Å². The third-order valence-electron chi connectivity index (χ3n) is 2.29. The first-order chi connectivity index (χ1) is 7.02. The molecule has 1 aromatic rings. The third kappa shape index (κ3) is 4.44. The highest BCUT2D eigenvalue weighted by molar-refractivity contribution is 6.87. The van der Waals surface area contributed by atoms with E-state index in [9.17, 15) is 0 Å². The Bertz CT molecular complexity index is 288.